The van der Waals surface area contributed by atoms with Crippen LogP contribution in [-0.4, -0.2) is 58.2 Å². The highest BCUT2D eigenvalue weighted by Crippen LogP contribution is 2.57. The lowest BCUT2D eigenvalue weighted by Gasteiger charge is -2.32. The van der Waals surface area contributed by atoms with Crippen LogP contribution in [0.2, 0.25) is 5.28 Å². The molecule has 0 radical (unpaired) electrons. The van der Waals surface area contributed by atoms with Gasteiger partial charge in [-0.1, -0.05) is 376 Å². The van der Waals surface area contributed by atoms with Crippen molar-refractivity contribution in [1.29, 1.82) is 0 Å². The minimum Gasteiger partial charge on any atom is -0.399 e. The largest absolute Gasteiger partial charge is 0.494 e. The van der Waals surface area contributed by atoms with Gasteiger partial charge < -0.3 is 9.31 Å². The Kier molecular flexibility index (Phi) is 20.4. The molecular formula is C108H80BClN8O2. The molecular weight excluding hydrogens is 1490 g/mol. The number of halogens is 1. The molecule has 0 unspecified atom stereocenters. The van der Waals surface area contributed by atoms with Gasteiger partial charge in [-0.3, -0.25) is 0 Å². The van der Waals surface area contributed by atoms with Crippen molar-refractivity contribution in [3.8, 4) is 124 Å². The van der Waals surface area contributed by atoms with E-state index in [1.54, 1.807) is 0 Å². The van der Waals surface area contributed by atoms with Crippen LogP contribution in [0.1, 0.15) is 72.5 Å². The summed E-state index contributed by atoms with van der Waals surface area (Å²) in [6, 6.07) is 139. The summed E-state index contributed by atoms with van der Waals surface area (Å²) in [5.74, 6) is 2.08. The van der Waals surface area contributed by atoms with Gasteiger partial charge in [0.05, 0.1) is 56.2 Å². The first-order valence-electron chi connectivity index (χ1n) is 40.5. The Balaban J connectivity index is 0.000000127. The Labute approximate surface area is 704 Å². The molecule has 21 rings (SSSR count). The van der Waals surface area contributed by atoms with Crippen LogP contribution in [0.25, 0.3) is 124 Å². The van der Waals surface area contributed by atoms with E-state index in [1.807, 2.05) is 97.3 Å². The smallest absolute Gasteiger partial charge is 0.399 e. The van der Waals surface area contributed by atoms with Gasteiger partial charge in [0, 0.05) is 62.5 Å². The number of hydrogen-bond acceptors (Lipinski definition) is 10. The van der Waals surface area contributed by atoms with E-state index < -0.39 is 10.8 Å². The fourth-order valence-electron chi connectivity index (χ4n) is 16.9. The molecule has 14 aromatic carbocycles. The van der Waals surface area contributed by atoms with Gasteiger partial charge >= 0.3 is 7.12 Å². The van der Waals surface area contributed by atoms with E-state index in [2.05, 4.69) is 348 Å². The van der Waals surface area contributed by atoms with Gasteiger partial charge in [-0.15, -0.1) is 0 Å². The molecule has 5 heterocycles. The summed E-state index contributed by atoms with van der Waals surface area (Å²) in [6.07, 6.45) is 3.85. The van der Waals surface area contributed by atoms with Gasteiger partial charge in [0.15, 0.2) is 17.5 Å². The van der Waals surface area contributed by atoms with Crippen LogP contribution in [0.3, 0.4) is 0 Å². The molecule has 12 heteroatoms. The molecule has 0 spiro atoms. The van der Waals surface area contributed by atoms with Crippen LogP contribution in [0.4, 0.5) is 0 Å². The molecule has 3 aliphatic rings. The van der Waals surface area contributed by atoms with Crippen molar-refractivity contribution in [2.45, 2.75) is 49.7 Å². The number of hydrogen-bond donors (Lipinski definition) is 0. The molecule has 1 saturated heterocycles. The van der Waals surface area contributed by atoms with Crippen molar-refractivity contribution in [3.05, 3.63) is 463 Å². The van der Waals surface area contributed by atoms with Crippen LogP contribution in [0.15, 0.2) is 413 Å². The normalized spacial score (nSPS) is 13.9. The van der Waals surface area contributed by atoms with Gasteiger partial charge in [-0.2, -0.15) is 0 Å². The zero-order valence-corrected chi connectivity index (χ0v) is 67.4. The number of nitrogens with zero attached hydrogens (tertiary/aromatic N) is 8. The summed E-state index contributed by atoms with van der Waals surface area (Å²) < 4.78 is 12.5. The van der Waals surface area contributed by atoms with Crippen molar-refractivity contribution in [2.75, 3.05) is 0 Å². The SMILES string of the molecule is CC1(C)OB(c2ccc(-c3cccc(-c4nc(-c5ccccc5)cc(-c5ccccc5)n4)c3)cc2)OC1(C)C.Clc1ncc2c(n1)C(c1ccccc1)(c1ccccc1)c1ccccc1-2.c1ccc(-c2cc(-c3ccccc3)nc(-c3cccc(-c4ccc(-c5ncc6c(n5)C(c5ccccc5)(c5ccccc5)c5ccccc5-6)cc4)c3)n2)cc1. The summed E-state index contributed by atoms with van der Waals surface area (Å²) in [7, 11) is -0.374. The Morgan fingerprint density at radius 2 is 0.542 bits per heavy atom. The average Bonchev–Trinajstić information content (AvgIpc) is 1.58. The van der Waals surface area contributed by atoms with Crippen molar-refractivity contribution in [1.82, 2.24) is 39.9 Å². The minimum atomic E-state index is -0.577. The van der Waals surface area contributed by atoms with Crippen LogP contribution >= 0.6 is 11.6 Å². The molecule has 0 N–H and O–H groups in total. The average molecular weight is 1570 g/mol. The van der Waals surface area contributed by atoms with Crippen LogP contribution in [-0.2, 0) is 20.1 Å². The molecule has 0 atom stereocenters. The maximum Gasteiger partial charge on any atom is 0.494 e. The number of rotatable bonds is 14. The highest BCUT2D eigenvalue weighted by atomic mass is 35.5. The quantitative estimate of drug-likeness (QED) is 0.0768. The molecule has 18 aromatic rings. The van der Waals surface area contributed by atoms with Crippen LogP contribution in [0.5, 0.6) is 0 Å². The first-order chi connectivity index (χ1) is 58.9. The van der Waals surface area contributed by atoms with Crippen LogP contribution in [0, 0.1) is 0 Å². The van der Waals surface area contributed by atoms with E-state index in [0.29, 0.717) is 17.5 Å². The topological polar surface area (TPSA) is 122 Å². The van der Waals surface area contributed by atoms with Crippen molar-refractivity contribution in [3.63, 3.8) is 0 Å². The Hall–Kier alpha value is -14.3. The van der Waals surface area contributed by atoms with Gasteiger partial charge in [-0.05, 0) is 136 Å². The highest BCUT2D eigenvalue weighted by molar-refractivity contribution is 6.62. The molecule has 0 bridgehead atoms. The molecule has 10 nitrogen and oxygen atoms in total. The summed E-state index contributed by atoms with van der Waals surface area (Å²) in [5.41, 5.74) is 27.8. The lowest BCUT2D eigenvalue weighted by Crippen LogP contribution is -2.41. The highest BCUT2D eigenvalue weighted by Gasteiger charge is 2.52. The van der Waals surface area contributed by atoms with E-state index in [-0.39, 0.29) is 23.6 Å². The first-order valence-corrected chi connectivity index (χ1v) is 40.8. The minimum absolute atomic E-state index is 0.271. The van der Waals surface area contributed by atoms with E-state index in [1.165, 1.54) is 38.9 Å². The molecule has 4 aromatic heterocycles. The predicted molar refractivity (Wildman–Crippen MR) is 486 cm³/mol. The summed E-state index contributed by atoms with van der Waals surface area (Å²) >= 11 is 6.25. The standard InChI is InChI=1S/C51H34N4.C34H31BN2O2.C23H15ClN2/c1-5-16-36(17-6-1)46-33-47(37-18-7-2-8-19-37)54-50(53-46)40-21-15-20-39(32-40)35-28-30-38(31-29-35)49-52-34-44-43-26-13-14-27-45(43)51(48(44)55-49,41-22-9-3-10-23-41)42-24-11-4-12-25-42;1-33(2)34(3,4)39-35(38-33)29-20-18-24(19-21-29)27-16-11-17-28(22-27)32-36-30(25-12-7-5-8-13-25)23-31(37-32)26-14-9-6-10-15-26;24-22-25-15-19-18-13-7-8-14-20(18)23(21(19)26-22,16-9-3-1-4-10-16)17-11-5-2-6-12-17/h1-34H;5-23H,1-4H3;1-15H. The molecule has 120 heavy (non-hydrogen) atoms. The second kappa shape index (κ2) is 32.3. The zero-order chi connectivity index (χ0) is 81.2. The maximum atomic E-state index is 6.25. The van der Waals surface area contributed by atoms with Gasteiger partial charge in [-0.25, -0.2) is 39.9 Å². The molecule has 1 fully saturated rings. The summed E-state index contributed by atoms with van der Waals surface area (Å²) in [6.45, 7) is 8.30. The third-order valence-corrected chi connectivity index (χ3v) is 23.7. The lowest BCUT2D eigenvalue weighted by atomic mass is 9.69. The van der Waals surface area contributed by atoms with E-state index >= 15 is 0 Å². The van der Waals surface area contributed by atoms with Gasteiger partial charge in [0.2, 0.25) is 5.28 Å². The molecule has 2 aliphatic carbocycles. The first kappa shape index (κ1) is 75.7. The fourth-order valence-corrected chi connectivity index (χ4v) is 17.1. The van der Waals surface area contributed by atoms with Crippen molar-refractivity contribution >= 4 is 24.2 Å². The lowest BCUT2D eigenvalue weighted by molar-refractivity contribution is 0.00578. The van der Waals surface area contributed by atoms with E-state index in [0.717, 1.165) is 118 Å². The Bertz CT molecular complexity index is 6510. The molecule has 574 valence electrons. The number of benzene rings is 14. The predicted octanol–water partition coefficient (Wildman–Crippen LogP) is 24.9. The fraction of sp³-hybridized carbons (Fsp3) is 0.0741. The molecule has 0 amide bonds. The molecule has 0 saturated carbocycles. The van der Waals surface area contributed by atoms with E-state index in [9.17, 15) is 0 Å². The third-order valence-electron chi connectivity index (χ3n) is 23.5. The van der Waals surface area contributed by atoms with Crippen molar-refractivity contribution in [2.24, 2.45) is 0 Å². The zero-order valence-electron chi connectivity index (χ0n) is 66.6. The van der Waals surface area contributed by atoms with E-state index in [4.69, 9.17) is 55.8 Å². The second-order valence-electron chi connectivity index (χ2n) is 31.2. The Morgan fingerprint density at radius 3 is 0.917 bits per heavy atom. The summed E-state index contributed by atoms with van der Waals surface area (Å²) in [4.78, 5) is 39.5. The summed E-state index contributed by atoms with van der Waals surface area (Å²) in [5, 5.41) is 0.271. The Morgan fingerprint density at radius 1 is 0.242 bits per heavy atom. The third kappa shape index (κ3) is 14.3. The van der Waals surface area contributed by atoms with Crippen molar-refractivity contribution < 1.29 is 9.31 Å². The monoisotopic (exact) mass is 1570 g/mol. The second-order valence-corrected chi connectivity index (χ2v) is 31.6. The van der Waals surface area contributed by atoms with Gasteiger partial charge in [0.25, 0.3) is 0 Å². The number of aromatic nitrogens is 8. The maximum absolute atomic E-state index is 6.25. The number of fused-ring (bicyclic) bond motifs is 6. The molecule has 1 aliphatic heterocycles. The van der Waals surface area contributed by atoms with Crippen LogP contribution < -0.4 is 5.46 Å². The van der Waals surface area contributed by atoms with Gasteiger partial charge in [0.1, 0.15) is 0 Å².